The zero-order chi connectivity index (χ0) is 18.7. The molecule has 2 aromatic heterocycles. The summed E-state index contributed by atoms with van der Waals surface area (Å²) in [6.45, 7) is 4.17. The van der Waals surface area contributed by atoms with Gasteiger partial charge in [0.2, 0.25) is 17.0 Å². The first-order valence-corrected chi connectivity index (χ1v) is 9.70. The second kappa shape index (κ2) is 7.83. The molecular formula is C16H20N8S2. The Morgan fingerprint density at radius 1 is 1.15 bits per heavy atom. The predicted molar refractivity (Wildman–Crippen MR) is 107 cm³/mol. The lowest BCUT2D eigenvalue weighted by Gasteiger charge is -2.10. The van der Waals surface area contributed by atoms with E-state index in [1.54, 1.807) is 4.90 Å². The average molecular weight is 389 g/mol. The van der Waals surface area contributed by atoms with Crippen LogP contribution in [-0.2, 0) is 5.75 Å². The summed E-state index contributed by atoms with van der Waals surface area (Å²) in [5, 5.41) is 12.5. The van der Waals surface area contributed by atoms with Crippen molar-refractivity contribution in [2.75, 3.05) is 30.0 Å². The van der Waals surface area contributed by atoms with Gasteiger partial charge in [-0.05, 0) is 31.0 Å². The van der Waals surface area contributed by atoms with Crippen LogP contribution in [0.5, 0.6) is 0 Å². The normalized spacial score (nSPS) is 10.8. The molecule has 10 heteroatoms. The first-order valence-electron chi connectivity index (χ1n) is 7.89. The lowest BCUT2D eigenvalue weighted by Crippen LogP contribution is -2.15. The number of hydrogen-bond donors (Lipinski definition) is 2. The predicted octanol–water partition coefficient (Wildman–Crippen LogP) is 3.02. The number of nitrogens with two attached hydrogens (primary N) is 1. The van der Waals surface area contributed by atoms with Crippen LogP contribution in [0.2, 0.25) is 0 Å². The van der Waals surface area contributed by atoms with Crippen LogP contribution in [0.3, 0.4) is 0 Å². The van der Waals surface area contributed by atoms with Gasteiger partial charge in [-0.3, -0.25) is 0 Å². The summed E-state index contributed by atoms with van der Waals surface area (Å²) in [5.41, 5.74) is 9.23. The first kappa shape index (κ1) is 18.3. The molecule has 0 atom stereocenters. The molecule has 0 aliphatic heterocycles. The Morgan fingerprint density at radius 2 is 1.96 bits per heavy atom. The van der Waals surface area contributed by atoms with Gasteiger partial charge in [-0.1, -0.05) is 35.2 Å². The second-order valence-corrected chi connectivity index (χ2v) is 8.04. The Hall–Kier alpha value is -2.46. The van der Waals surface area contributed by atoms with Crippen LogP contribution in [0, 0.1) is 13.8 Å². The molecule has 0 aliphatic rings. The Morgan fingerprint density at radius 3 is 2.73 bits per heavy atom. The van der Waals surface area contributed by atoms with E-state index in [0.717, 1.165) is 15.2 Å². The molecule has 0 unspecified atom stereocenters. The fourth-order valence-corrected chi connectivity index (χ4v) is 3.76. The van der Waals surface area contributed by atoms with E-state index in [1.807, 2.05) is 26.2 Å². The summed E-state index contributed by atoms with van der Waals surface area (Å²) >= 11 is 3.01. The molecule has 0 radical (unpaired) electrons. The van der Waals surface area contributed by atoms with Crippen molar-refractivity contribution in [1.82, 2.24) is 25.1 Å². The van der Waals surface area contributed by atoms with E-state index in [-0.39, 0.29) is 5.95 Å². The molecule has 136 valence electrons. The highest BCUT2D eigenvalue weighted by molar-refractivity contribution is 8.00. The summed E-state index contributed by atoms with van der Waals surface area (Å²) < 4.78 is 0.836. The van der Waals surface area contributed by atoms with Gasteiger partial charge in [-0.2, -0.15) is 15.0 Å². The second-order valence-electron chi connectivity index (χ2n) is 5.84. The molecule has 0 spiro atoms. The number of rotatable bonds is 6. The number of nitrogens with one attached hydrogen (secondary N) is 1. The van der Waals surface area contributed by atoms with Gasteiger partial charge < -0.3 is 16.0 Å². The van der Waals surface area contributed by atoms with Crippen molar-refractivity contribution in [2.24, 2.45) is 0 Å². The smallest absolute Gasteiger partial charge is 0.229 e. The van der Waals surface area contributed by atoms with Gasteiger partial charge >= 0.3 is 0 Å². The van der Waals surface area contributed by atoms with Crippen molar-refractivity contribution in [3.05, 3.63) is 35.2 Å². The van der Waals surface area contributed by atoms with Crippen molar-refractivity contribution in [2.45, 2.75) is 23.9 Å². The van der Waals surface area contributed by atoms with Crippen LogP contribution in [0.1, 0.15) is 17.0 Å². The number of anilines is 4. The first-order chi connectivity index (χ1) is 12.4. The van der Waals surface area contributed by atoms with Crippen LogP contribution in [0.25, 0.3) is 0 Å². The third-order valence-electron chi connectivity index (χ3n) is 3.66. The minimum Gasteiger partial charge on any atom is -0.368 e. The minimum absolute atomic E-state index is 0.217. The Bertz CT molecular complexity index is 909. The third-order valence-corrected chi connectivity index (χ3v) is 5.63. The fraction of sp³-hybridized carbons (Fsp3) is 0.312. The van der Waals surface area contributed by atoms with Crippen LogP contribution < -0.4 is 16.0 Å². The van der Waals surface area contributed by atoms with Gasteiger partial charge in [0.05, 0.1) is 5.75 Å². The molecule has 2 heterocycles. The number of hydrogen-bond acceptors (Lipinski definition) is 10. The molecule has 3 N–H and O–H groups in total. The molecule has 0 amide bonds. The van der Waals surface area contributed by atoms with Crippen molar-refractivity contribution in [1.29, 1.82) is 0 Å². The molecule has 0 bridgehead atoms. The number of nitrogens with zero attached hydrogens (tertiary/aromatic N) is 6. The van der Waals surface area contributed by atoms with Crippen molar-refractivity contribution in [3.8, 4) is 0 Å². The zero-order valence-electron chi connectivity index (χ0n) is 15.0. The molecular weight excluding hydrogens is 368 g/mol. The summed E-state index contributed by atoms with van der Waals surface area (Å²) in [7, 11) is 3.73. The highest BCUT2D eigenvalue weighted by Crippen LogP contribution is 2.30. The summed E-state index contributed by atoms with van der Waals surface area (Å²) in [4.78, 5) is 14.5. The Labute approximate surface area is 160 Å². The number of nitrogen functional groups attached to an aromatic ring is 1. The van der Waals surface area contributed by atoms with Crippen LogP contribution >= 0.6 is 23.1 Å². The van der Waals surface area contributed by atoms with Crippen LogP contribution in [0.4, 0.5) is 22.7 Å². The molecule has 0 saturated heterocycles. The maximum atomic E-state index is 5.75. The Kier molecular flexibility index (Phi) is 5.52. The maximum Gasteiger partial charge on any atom is 0.229 e. The SMILES string of the molecule is Cc1cccc(Nc2nnc(SCc3nc(N)nc(N(C)C)n3)s2)c1C. The molecule has 0 saturated carbocycles. The van der Waals surface area contributed by atoms with Gasteiger partial charge in [0.1, 0.15) is 5.82 Å². The quantitative estimate of drug-likeness (QED) is 0.616. The number of aromatic nitrogens is 5. The highest BCUT2D eigenvalue weighted by Gasteiger charge is 2.10. The van der Waals surface area contributed by atoms with Crippen LogP contribution in [0.15, 0.2) is 22.5 Å². The monoisotopic (exact) mass is 388 g/mol. The molecule has 1 aromatic carbocycles. The van der Waals surface area contributed by atoms with E-state index in [0.29, 0.717) is 17.5 Å². The third kappa shape index (κ3) is 4.38. The fourth-order valence-electron chi connectivity index (χ4n) is 2.14. The minimum atomic E-state index is 0.217. The zero-order valence-corrected chi connectivity index (χ0v) is 16.6. The van der Waals surface area contributed by atoms with E-state index in [9.17, 15) is 0 Å². The van der Waals surface area contributed by atoms with Gasteiger partial charge in [-0.25, -0.2) is 0 Å². The number of aryl methyl sites for hydroxylation is 1. The molecule has 0 aliphatic carbocycles. The number of thioether (sulfide) groups is 1. The highest BCUT2D eigenvalue weighted by atomic mass is 32.2. The Balaban J connectivity index is 1.67. The van der Waals surface area contributed by atoms with Gasteiger partial charge in [0.25, 0.3) is 0 Å². The molecule has 26 heavy (non-hydrogen) atoms. The van der Waals surface area contributed by atoms with Gasteiger partial charge in [0.15, 0.2) is 4.34 Å². The van der Waals surface area contributed by atoms with E-state index >= 15 is 0 Å². The molecule has 3 aromatic rings. The largest absolute Gasteiger partial charge is 0.368 e. The lowest BCUT2D eigenvalue weighted by molar-refractivity contribution is 0.918. The van der Waals surface area contributed by atoms with Gasteiger partial charge in [0, 0.05) is 19.8 Å². The maximum absolute atomic E-state index is 5.75. The number of benzene rings is 1. The van der Waals surface area contributed by atoms with Crippen molar-refractivity contribution < 1.29 is 0 Å². The van der Waals surface area contributed by atoms with Crippen LogP contribution in [-0.4, -0.2) is 39.2 Å². The summed E-state index contributed by atoms with van der Waals surface area (Å²) in [6, 6.07) is 6.14. The van der Waals surface area contributed by atoms with Gasteiger partial charge in [-0.15, -0.1) is 10.2 Å². The van der Waals surface area contributed by atoms with E-state index in [4.69, 9.17) is 5.73 Å². The summed E-state index contributed by atoms with van der Waals surface area (Å²) in [5.74, 6) is 1.92. The molecule has 3 rings (SSSR count). The topological polar surface area (TPSA) is 106 Å². The van der Waals surface area contributed by atoms with E-state index < -0.39 is 0 Å². The average Bonchev–Trinajstić information content (AvgIpc) is 3.04. The van der Waals surface area contributed by atoms with Crippen molar-refractivity contribution >= 4 is 45.8 Å². The standard InChI is InChI=1S/C16H20N8S2/c1-9-6-5-7-11(10(9)2)18-15-22-23-16(26-15)25-8-12-19-13(17)21-14(20-12)24(3)4/h5-7H,8H2,1-4H3,(H,18,22)(H2,17,19,20,21). The molecule has 8 nitrogen and oxygen atoms in total. The lowest BCUT2D eigenvalue weighted by atomic mass is 10.1. The van der Waals surface area contributed by atoms with E-state index in [1.165, 1.54) is 34.2 Å². The molecule has 0 fully saturated rings. The summed E-state index contributed by atoms with van der Waals surface area (Å²) in [6.07, 6.45) is 0. The van der Waals surface area contributed by atoms with E-state index in [2.05, 4.69) is 50.4 Å². The van der Waals surface area contributed by atoms with Crippen molar-refractivity contribution in [3.63, 3.8) is 0 Å².